The number of hydrogen-bond acceptors (Lipinski definition) is 13. The smallest absolute Gasteiger partial charge is 0.422 e. The number of nitrogens with zero attached hydrogens (tertiary/aromatic N) is 1. The average molecular weight is 822 g/mol. The van der Waals surface area contributed by atoms with Crippen molar-refractivity contribution in [2.45, 2.75) is 133 Å². The van der Waals surface area contributed by atoms with Crippen LogP contribution in [-0.4, -0.2) is 114 Å². The molecule has 18 heteroatoms. The number of hydroxylamine groups is 2. The molecule has 6 aliphatic rings. The molecule has 0 aromatic heterocycles. The van der Waals surface area contributed by atoms with Gasteiger partial charge in [0.15, 0.2) is 18.4 Å². The van der Waals surface area contributed by atoms with Crippen molar-refractivity contribution in [3.63, 3.8) is 0 Å². The Morgan fingerprint density at radius 3 is 2.41 bits per heavy atom. The van der Waals surface area contributed by atoms with Crippen LogP contribution in [0.5, 0.6) is 0 Å². The molecule has 3 N–H and O–H groups in total. The lowest BCUT2D eigenvalue weighted by molar-refractivity contribution is -0.235. The molecule has 1 aromatic rings. The average Bonchev–Trinajstić information content (AvgIpc) is 4.10. The van der Waals surface area contributed by atoms with Crippen LogP contribution in [0, 0.1) is 17.3 Å². The molecule has 58 heavy (non-hydrogen) atoms. The number of carbonyl (C=O) groups is 5. The number of esters is 3. The third kappa shape index (κ3) is 9.05. The van der Waals surface area contributed by atoms with E-state index in [4.69, 9.17) is 23.8 Å². The van der Waals surface area contributed by atoms with Crippen molar-refractivity contribution < 1.29 is 70.8 Å². The molecule has 2 bridgehead atoms. The highest BCUT2D eigenvalue weighted by Gasteiger charge is 2.78. The molecule has 3 saturated carbocycles. The van der Waals surface area contributed by atoms with Gasteiger partial charge in [0.2, 0.25) is 11.8 Å². The Balaban J connectivity index is 1.07. The number of nitrogens with one attached hydrogen (secondary N) is 2. The molecule has 318 valence electrons. The molecular weight excluding hydrogens is 771 g/mol. The van der Waals surface area contributed by atoms with Gasteiger partial charge in [-0.2, -0.15) is 18.2 Å². The maximum Gasteiger partial charge on any atom is 0.422 e. The lowest BCUT2D eigenvalue weighted by atomic mass is 9.62. The third-order valence-electron chi connectivity index (χ3n) is 11.3. The maximum atomic E-state index is 14.6. The van der Waals surface area contributed by atoms with Crippen molar-refractivity contribution in [1.29, 1.82) is 0 Å². The molecule has 3 saturated heterocycles. The van der Waals surface area contributed by atoms with E-state index in [1.165, 1.54) is 11.1 Å². The van der Waals surface area contributed by atoms with Crippen LogP contribution in [0.25, 0.3) is 6.08 Å². The van der Waals surface area contributed by atoms with Gasteiger partial charge in [0, 0.05) is 43.7 Å². The van der Waals surface area contributed by atoms with E-state index in [1.54, 1.807) is 45.0 Å². The quantitative estimate of drug-likeness (QED) is 0.126. The van der Waals surface area contributed by atoms with E-state index in [1.807, 2.05) is 0 Å². The number of benzene rings is 1. The van der Waals surface area contributed by atoms with E-state index in [0.29, 0.717) is 11.1 Å². The second-order valence-corrected chi connectivity index (χ2v) is 17.0. The number of carbonyl (C=O) groups excluding carboxylic acids is 5. The van der Waals surface area contributed by atoms with Crippen LogP contribution in [-0.2, 0) is 59.0 Å². The minimum Gasteiger partial charge on any atom is -0.460 e. The summed E-state index contributed by atoms with van der Waals surface area (Å²) in [6.07, 6.45) is -1.96. The lowest BCUT2D eigenvalue weighted by Gasteiger charge is -2.48. The number of halogens is 3. The summed E-state index contributed by atoms with van der Waals surface area (Å²) in [6, 6.07) is 4.71. The number of ether oxygens (including phenoxy) is 5. The summed E-state index contributed by atoms with van der Waals surface area (Å²) >= 11 is 0. The first-order valence-electron chi connectivity index (χ1n) is 19.8. The number of aliphatic hydroxyl groups excluding tert-OH is 1. The van der Waals surface area contributed by atoms with E-state index in [-0.39, 0.29) is 50.6 Å². The number of amides is 2. The molecule has 7 unspecified atom stereocenters. The number of hydrogen-bond donors (Lipinski definition) is 3. The molecule has 3 heterocycles. The molecule has 0 radical (unpaired) electrons. The van der Waals surface area contributed by atoms with Gasteiger partial charge in [-0.05, 0) is 70.1 Å². The Hall–Kier alpha value is -4.10. The van der Waals surface area contributed by atoms with Crippen molar-refractivity contribution >= 4 is 35.8 Å². The molecule has 7 atom stereocenters. The maximum absolute atomic E-state index is 14.6. The largest absolute Gasteiger partial charge is 0.460 e. The number of alkyl halides is 3. The van der Waals surface area contributed by atoms with E-state index in [2.05, 4.69) is 15.4 Å². The Labute approximate surface area is 333 Å². The minimum atomic E-state index is -4.66. The fraction of sp³-hybridized carbons (Fsp3) is 0.675. The highest BCUT2D eigenvalue weighted by Crippen LogP contribution is 2.63. The molecule has 7 rings (SSSR count). The SMILES string of the molecule is CC(C)(C)OC(=O)CCC(CO)NC(=O)CCNC(=O)C12CC3OC(=O)C1N(Cc1cccc(C=CC(=O)OCC(F)(F)F)c1)OC2C1OC(C2CC2)(C2CC2)OC31. The summed E-state index contributed by atoms with van der Waals surface area (Å²) in [4.78, 5) is 72.2. The summed E-state index contributed by atoms with van der Waals surface area (Å²) < 4.78 is 66.7. The van der Waals surface area contributed by atoms with E-state index >= 15 is 0 Å². The second kappa shape index (κ2) is 16.2. The van der Waals surface area contributed by atoms with Crippen molar-refractivity contribution in [2.75, 3.05) is 19.8 Å². The Kier molecular flexibility index (Phi) is 11.7. The first-order valence-corrected chi connectivity index (χ1v) is 19.8. The molecule has 1 aromatic carbocycles. The molecule has 3 aliphatic heterocycles. The fourth-order valence-electron chi connectivity index (χ4n) is 8.65. The highest BCUT2D eigenvalue weighted by molar-refractivity contribution is 5.94. The zero-order valence-corrected chi connectivity index (χ0v) is 32.6. The van der Waals surface area contributed by atoms with Gasteiger partial charge in [-0.3, -0.25) is 24.0 Å². The zero-order chi connectivity index (χ0) is 41.6. The van der Waals surface area contributed by atoms with Gasteiger partial charge < -0.3 is 39.4 Å². The van der Waals surface area contributed by atoms with Crippen molar-refractivity contribution in [3.8, 4) is 0 Å². The van der Waals surface area contributed by atoms with Gasteiger partial charge in [-0.15, -0.1) is 0 Å². The fourth-order valence-corrected chi connectivity index (χ4v) is 8.65. The standard InChI is InChI=1S/C40H50F3N3O12/c1-37(2,3)55-30(50)14-12-26(20-47)45-28(48)15-16-44-36(52)38-18-27-31-32(57-40(56-31,24-8-9-24)25-10-11-25)34(38)58-46(33(38)35(51)54-27)19-23-6-4-5-22(17-23)7-13-29(49)53-21-39(41,42)43/h4-7,13,17,24-27,31-34,47H,8-12,14-16,18-21H2,1-3H3,(H,44,52)(H,45,48). The topological polar surface area (TPSA) is 188 Å². The Morgan fingerprint density at radius 1 is 1.05 bits per heavy atom. The molecule has 3 aliphatic carbocycles. The summed E-state index contributed by atoms with van der Waals surface area (Å²) in [7, 11) is 0. The predicted molar refractivity (Wildman–Crippen MR) is 193 cm³/mol. The van der Waals surface area contributed by atoms with Gasteiger partial charge in [0.1, 0.15) is 35.4 Å². The zero-order valence-electron chi connectivity index (χ0n) is 32.6. The summed E-state index contributed by atoms with van der Waals surface area (Å²) in [5.74, 6) is -3.85. The van der Waals surface area contributed by atoms with Gasteiger partial charge in [-0.25, -0.2) is 4.79 Å². The molecular formula is C40H50F3N3O12. The van der Waals surface area contributed by atoms with Crippen LogP contribution in [0.2, 0.25) is 0 Å². The Morgan fingerprint density at radius 2 is 1.76 bits per heavy atom. The Bertz CT molecular complexity index is 1780. The second-order valence-electron chi connectivity index (χ2n) is 17.0. The van der Waals surface area contributed by atoms with E-state index < -0.39 is 102 Å². The summed E-state index contributed by atoms with van der Waals surface area (Å²) in [5.41, 5.74) is -1.15. The van der Waals surface area contributed by atoms with Gasteiger partial charge in [0.25, 0.3) is 0 Å². The van der Waals surface area contributed by atoms with Gasteiger partial charge in [0.05, 0.1) is 19.2 Å². The molecule has 0 spiro atoms. The van der Waals surface area contributed by atoms with Gasteiger partial charge >= 0.3 is 24.1 Å². The highest BCUT2D eigenvalue weighted by atomic mass is 19.4. The molecule has 6 fully saturated rings. The van der Waals surface area contributed by atoms with E-state index in [9.17, 15) is 42.3 Å². The predicted octanol–water partition coefficient (Wildman–Crippen LogP) is 3.01. The third-order valence-corrected chi connectivity index (χ3v) is 11.3. The van der Waals surface area contributed by atoms with Crippen LogP contribution < -0.4 is 10.6 Å². The lowest BCUT2D eigenvalue weighted by Crippen LogP contribution is -2.69. The van der Waals surface area contributed by atoms with Crippen molar-refractivity contribution in [3.05, 3.63) is 41.5 Å². The van der Waals surface area contributed by atoms with E-state index in [0.717, 1.165) is 31.8 Å². The van der Waals surface area contributed by atoms with Crippen molar-refractivity contribution in [2.24, 2.45) is 17.3 Å². The first-order chi connectivity index (χ1) is 27.4. The molecule has 2 amide bonds. The first kappa shape index (κ1) is 42.0. The van der Waals surface area contributed by atoms with Crippen LogP contribution in [0.1, 0.15) is 83.3 Å². The monoisotopic (exact) mass is 821 g/mol. The summed E-state index contributed by atoms with van der Waals surface area (Å²) in [5, 5.41) is 16.8. The number of rotatable bonds is 16. The number of aliphatic hydroxyl groups is 1. The summed E-state index contributed by atoms with van der Waals surface area (Å²) in [6.45, 7) is 2.95. The molecule has 15 nitrogen and oxygen atoms in total. The van der Waals surface area contributed by atoms with Crippen molar-refractivity contribution in [1.82, 2.24) is 15.7 Å². The normalized spacial score (nSPS) is 29.4. The van der Waals surface area contributed by atoms with Crippen LogP contribution in [0.4, 0.5) is 13.2 Å². The number of fused-ring (bicyclic) bond motifs is 4. The van der Waals surface area contributed by atoms with Gasteiger partial charge in [-0.1, -0.05) is 24.3 Å². The minimum absolute atomic E-state index is 0.0176. The van der Waals surface area contributed by atoms with Crippen LogP contribution in [0.15, 0.2) is 30.3 Å². The van der Waals surface area contributed by atoms with Crippen LogP contribution >= 0.6 is 0 Å². The van der Waals surface area contributed by atoms with Crippen LogP contribution in [0.3, 0.4) is 0 Å².